The third-order valence-electron chi connectivity index (χ3n) is 1.64. The van der Waals surface area contributed by atoms with E-state index in [4.69, 9.17) is 0 Å². The maximum absolute atomic E-state index is 3.44. The van der Waals surface area contributed by atoms with Crippen molar-refractivity contribution >= 4 is 15.9 Å². The Balaban J connectivity index is 3.39. The summed E-state index contributed by atoms with van der Waals surface area (Å²) in [5.41, 5.74) is 0. The summed E-state index contributed by atoms with van der Waals surface area (Å²) in [6.45, 7) is 6.76. The molecule has 1 heteroatoms. The van der Waals surface area contributed by atoms with Gasteiger partial charge in [-0.15, -0.1) is 0 Å². The van der Waals surface area contributed by atoms with E-state index >= 15 is 0 Å². The highest BCUT2D eigenvalue weighted by atomic mass is 79.9. The first-order chi connectivity index (χ1) is 5.16. The van der Waals surface area contributed by atoms with Gasteiger partial charge in [-0.05, 0) is 24.7 Å². The van der Waals surface area contributed by atoms with Gasteiger partial charge in [0.15, 0.2) is 0 Å². The number of rotatable bonds is 5. The standard InChI is InChI=1S/C10H19Br/c1-9(2)5-4-6-10(3)7-8-11/h4,6,9-10H,5,7-8H2,1-3H3. The van der Waals surface area contributed by atoms with Crippen LogP contribution in [0.15, 0.2) is 12.2 Å². The first-order valence-corrected chi connectivity index (χ1v) is 5.51. The molecule has 0 spiro atoms. The predicted octanol–water partition coefficient (Wildman–Crippen LogP) is 4.01. The van der Waals surface area contributed by atoms with Crippen molar-refractivity contribution in [2.24, 2.45) is 11.8 Å². The molecule has 0 N–H and O–H groups in total. The van der Waals surface area contributed by atoms with E-state index in [1.165, 1.54) is 12.8 Å². The molecule has 0 rings (SSSR count). The highest BCUT2D eigenvalue weighted by Crippen LogP contribution is 2.08. The SMILES string of the molecule is CC(C)CC=CC(C)CCBr. The molecule has 0 aliphatic rings. The first-order valence-electron chi connectivity index (χ1n) is 4.39. The van der Waals surface area contributed by atoms with Crippen LogP contribution in [-0.4, -0.2) is 5.33 Å². The predicted molar refractivity (Wildman–Crippen MR) is 56.2 cm³/mol. The van der Waals surface area contributed by atoms with Gasteiger partial charge in [-0.3, -0.25) is 0 Å². The van der Waals surface area contributed by atoms with E-state index in [1.807, 2.05) is 0 Å². The maximum atomic E-state index is 3.44. The molecule has 0 aliphatic carbocycles. The minimum absolute atomic E-state index is 0.730. The van der Waals surface area contributed by atoms with Crippen molar-refractivity contribution in [1.29, 1.82) is 0 Å². The van der Waals surface area contributed by atoms with Gasteiger partial charge in [0.05, 0.1) is 0 Å². The van der Waals surface area contributed by atoms with Gasteiger partial charge in [-0.25, -0.2) is 0 Å². The number of allylic oxidation sites excluding steroid dienone is 2. The normalized spacial score (nSPS) is 14.6. The van der Waals surface area contributed by atoms with Crippen molar-refractivity contribution < 1.29 is 0 Å². The van der Waals surface area contributed by atoms with Crippen LogP contribution in [0.4, 0.5) is 0 Å². The third-order valence-corrected chi connectivity index (χ3v) is 2.09. The van der Waals surface area contributed by atoms with Crippen molar-refractivity contribution in [3.8, 4) is 0 Å². The second-order valence-corrected chi connectivity index (χ2v) is 4.31. The fourth-order valence-corrected chi connectivity index (χ4v) is 1.57. The van der Waals surface area contributed by atoms with Crippen molar-refractivity contribution in [3.63, 3.8) is 0 Å². The average Bonchev–Trinajstić information content (AvgIpc) is 1.87. The smallest absolute Gasteiger partial charge is 0.00368 e. The van der Waals surface area contributed by atoms with Crippen LogP contribution in [0.25, 0.3) is 0 Å². The molecule has 0 saturated heterocycles. The molecule has 0 amide bonds. The molecule has 0 aromatic carbocycles. The third kappa shape index (κ3) is 8.12. The molecule has 0 aliphatic heterocycles. The van der Waals surface area contributed by atoms with Crippen LogP contribution in [0.1, 0.15) is 33.6 Å². The monoisotopic (exact) mass is 218 g/mol. The zero-order chi connectivity index (χ0) is 8.69. The maximum Gasteiger partial charge on any atom is 0.00368 e. The number of hydrogen-bond donors (Lipinski definition) is 0. The Morgan fingerprint density at radius 2 is 1.91 bits per heavy atom. The molecule has 0 nitrogen and oxygen atoms in total. The molecule has 66 valence electrons. The van der Waals surface area contributed by atoms with Crippen LogP contribution >= 0.6 is 15.9 Å². The summed E-state index contributed by atoms with van der Waals surface area (Å²) < 4.78 is 0. The molecule has 0 aromatic rings. The molecule has 11 heavy (non-hydrogen) atoms. The summed E-state index contributed by atoms with van der Waals surface area (Å²) in [6, 6.07) is 0. The summed E-state index contributed by atoms with van der Waals surface area (Å²) in [5, 5.41) is 1.11. The van der Waals surface area contributed by atoms with E-state index < -0.39 is 0 Å². The molecule has 0 fully saturated rings. The minimum atomic E-state index is 0.730. The van der Waals surface area contributed by atoms with E-state index in [2.05, 4.69) is 48.9 Å². The van der Waals surface area contributed by atoms with Crippen molar-refractivity contribution in [1.82, 2.24) is 0 Å². The summed E-state index contributed by atoms with van der Waals surface area (Å²) in [6.07, 6.45) is 7.08. The van der Waals surface area contributed by atoms with Gasteiger partial charge in [0.2, 0.25) is 0 Å². The lowest BCUT2D eigenvalue weighted by Crippen LogP contribution is -1.90. The average molecular weight is 219 g/mol. The highest BCUT2D eigenvalue weighted by Gasteiger charge is 1.94. The molecule has 0 radical (unpaired) electrons. The molecule has 0 saturated carbocycles. The van der Waals surface area contributed by atoms with Crippen molar-refractivity contribution in [2.45, 2.75) is 33.6 Å². The van der Waals surface area contributed by atoms with Crippen LogP contribution in [0, 0.1) is 11.8 Å². The summed E-state index contributed by atoms with van der Waals surface area (Å²) in [7, 11) is 0. The number of halogens is 1. The van der Waals surface area contributed by atoms with Crippen LogP contribution in [-0.2, 0) is 0 Å². The molecule has 0 heterocycles. The molecule has 0 aromatic heterocycles. The molecule has 1 atom stereocenters. The van der Waals surface area contributed by atoms with E-state index in [9.17, 15) is 0 Å². The lowest BCUT2D eigenvalue weighted by molar-refractivity contribution is 0.650. The van der Waals surface area contributed by atoms with Gasteiger partial charge < -0.3 is 0 Å². The van der Waals surface area contributed by atoms with Gasteiger partial charge in [-0.1, -0.05) is 48.9 Å². The number of alkyl halides is 1. The number of hydrogen-bond acceptors (Lipinski definition) is 0. The Kier molecular flexibility index (Phi) is 7.04. The van der Waals surface area contributed by atoms with E-state index in [0.29, 0.717) is 0 Å². The fourth-order valence-electron chi connectivity index (χ4n) is 0.851. The Labute approximate surface area is 79.2 Å². The second-order valence-electron chi connectivity index (χ2n) is 3.51. The Morgan fingerprint density at radius 1 is 1.27 bits per heavy atom. The minimum Gasteiger partial charge on any atom is -0.0928 e. The summed E-state index contributed by atoms with van der Waals surface area (Å²) in [4.78, 5) is 0. The highest BCUT2D eigenvalue weighted by molar-refractivity contribution is 9.09. The largest absolute Gasteiger partial charge is 0.0928 e. The molecule has 0 bridgehead atoms. The van der Waals surface area contributed by atoms with Gasteiger partial charge >= 0.3 is 0 Å². The quantitative estimate of drug-likeness (QED) is 0.484. The van der Waals surface area contributed by atoms with E-state index in [-0.39, 0.29) is 0 Å². The zero-order valence-corrected chi connectivity index (χ0v) is 9.39. The lowest BCUT2D eigenvalue weighted by Gasteiger charge is -2.02. The second kappa shape index (κ2) is 6.90. The molecular formula is C10H19Br. The fraction of sp³-hybridized carbons (Fsp3) is 0.800. The van der Waals surface area contributed by atoms with Crippen molar-refractivity contribution in [2.75, 3.05) is 5.33 Å². The van der Waals surface area contributed by atoms with Gasteiger partial charge in [0.1, 0.15) is 0 Å². The first kappa shape index (κ1) is 11.2. The Morgan fingerprint density at radius 3 is 2.36 bits per heavy atom. The lowest BCUT2D eigenvalue weighted by atomic mass is 10.1. The topological polar surface area (TPSA) is 0 Å². The van der Waals surface area contributed by atoms with Crippen LogP contribution in [0.3, 0.4) is 0 Å². The van der Waals surface area contributed by atoms with Crippen LogP contribution in [0.5, 0.6) is 0 Å². The van der Waals surface area contributed by atoms with Gasteiger partial charge in [0.25, 0.3) is 0 Å². The summed E-state index contributed by atoms with van der Waals surface area (Å²) >= 11 is 3.44. The van der Waals surface area contributed by atoms with E-state index in [0.717, 1.165) is 17.2 Å². The Bertz CT molecular complexity index is 105. The molecular weight excluding hydrogens is 200 g/mol. The van der Waals surface area contributed by atoms with Crippen LogP contribution in [0.2, 0.25) is 0 Å². The summed E-state index contributed by atoms with van der Waals surface area (Å²) in [5.74, 6) is 1.52. The van der Waals surface area contributed by atoms with Crippen LogP contribution < -0.4 is 0 Å². The van der Waals surface area contributed by atoms with E-state index in [1.54, 1.807) is 0 Å². The molecule has 1 unspecified atom stereocenters. The van der Waals surface area contributed by atoms with Gasteiger partial charge in [-0.2, -0.15) is 0 Å². The van der Waals surface area contributed by atoms with Crippen molar-refractivity contribution in [3.05, 3.63) is 12.2 Å². The van der Waals surface area contributed by atoms with Gasteiger partial charge in [0, 0.05) is 5.33 Å². The Hall–Kier alpha value is 0.220. The zero-order valence-electron chi connectivity index (χ0n) is 7.81.